The number of amides is 3. The maximum atomic E-state index is 14.6. The number of nitrogens with zero attached hydrogens (tertiary/aromatic N) is 2. The average Bonchev–Trinajstić information content (AvgIpc) is 2.99. The second-order valence-electron chi connectivity index (χ2n) is 6.56. The number of likely N-dealkylation sites (tertiary alicyclic amines) is 1. The summed E-state index contributed by atoms with van der Waals surface area (Å²) in [6.07, 6.45) is 1.32. The molecule has 1 fully saturated rings. The smallest absolute Gasteiger partial charge is 0.319 e. The van der Waals surface area contributed by atoms with E-state index in [1.165, 1.54) is 30.3 Å². The minimum atomic E-state index is -1.24. The highest BCUT2D eigenvalue weighted by molar-refractivity contribution is 6.29. The number of rotatable bonds is 6. The highest BCUT2D eigenvalue weighted by atomic mass is 35.5. The Morgan fingerprint density at radius 3 is 2.63 bits per heavy atom. The molecule has 3 rings (SSSR count). The molecule has 2 unspecified atom stereocenters. The van der Waals surface area contributed by atoms with Gasteiger partial charge in [-0.2, -0.15) is 0 Å². The third-order valence-corrected chi connectivity index (χ3v) is 4.92. The molecule has 11 heteroatoms. The number of ether oxygens (including phenoxy) is 1. The van der Waals surface area contributed by atoms with Crippen molar-refractivity contribution in [2.24, 2.45) is 0 Å². The Morgan fingerprint density at radius 2 is 2.07 bits per heavy atom. The van der Waals surface area contributed by atoms with Gasteiger partial charge in [0.15, 0.2) is 0 Å². The summed E-state index contributed by atoms with van der Waals surface area (Å²) in [6.45, 7) is -0.440. The predicted octanol–water partition coefficient (Wildman–Crippen LogP) is 2.13. The van der Waals surface area contributed by atoms with Gasteiger partial charge in [-0.1, -0.05) is 11.6 Å². The molecule has 0 saturated carbocycles. The Balaban J connectivity index is 1.86. The van der Waals surface area contributed by atoms with Gasteiger partial charge in [0, 0.05) is 36.7 Å². The van der Waals surface area contributed by atoms with Gasteiger partial charge in [-0.3, -0.25) is 4.79 Å². The molecule has 0 radical (unpaired) electrons. The summed E-state index contributed by atoms with van der Waals surface area (Å²) in [5.74, 6) is -3.38. The lowest BCUT2D eigenvalue weighted by molar-refractivity contribution is -0.129. The van der Waals surface area contributed by atoms with E-state index in [-0.39, 0.29) is 36.2 Å². The molecule has 1 aromatic carbocycles. The number of hydrogen-bond donors (Lipinski definition) is 3. The van der Waals surface area contributed by atoms with Crippen LogP contribution in [-0.4, -0.2) is 59.8 Å². The Labute approximate surface area is 175 Å². The van der Waals surface area contributed by atoms with E-state index in [2.05, 4.69) is 15.6 Å². The van der Waals surface area contributed by atoms with Crippen LogP contribution in [0.1, 0.15) is 11.5 Å². The van der Waals surface area contributed by atoms with Crippen LogP contribution >= 0.6 is 11.6 Å². The molecule has 0 aliphatic carbocycles. The van der Waals surface area contributed by atoms with Crippen LogP contribution in [0.4, 0.5) is 19.3 Å². The number of nitrogens with one attached hydrogen (secondary N) is 2. The van der Waals surface area contributed by atoms with Crippen molar-refractivity contribution in [3.63, 3.8) is 0 Å². The van der Waals surface area contributed by atoms with Crippen molar-refractivity contribution in [3.8, 4) is 5.75 Å². The summed E-state index contributed by atoms with van der Waals surface area (Å²) < 4.78 is 34.1. The standard InChI is InChI=1S/C19H19ClF2N4O4/c1-30-11-6-13(21)16(14(22)7-11)12-9-26(4-5-27)18(28)17(12)25-19(29)24-10-2-3-15(20)23-8-10/h2-3,6-8,12,17,27H,4-5,9H2,1H3,(H2,24,25,29). The number of carbonyl (C=O) groups is 2. The van der Waals surface area contributed by atoms with E-state index in [4.69, 9.17) is 16.3 Å². The van der Waals surface area contributed by atoms with E-state index < -0.39 is 35.5 Å². The first-order valence-electron chi connectivity index (χ1n) is 8.95. The van der Waals surface area contributed by atoms with E-state index >= 15 is 0 Å². The number of aliphatic hydroxyl groups excluding tert-OH is 1. The van der Waals surface area contributed by atoms with E-state index in [1.54, 1.807) is 0 Å². The molecule has 8 nitrogen and oxygen atoms in total. The lowest BCUT2D eigenvalue weighted by atomic mass is 9.93. The van der Waals surface area contributed by atoms with Crippen LogP contribution in [-0.2, 0) is 4.79 Å². The molecule has 1 aliphatic heterocycles. The van der Waals surface area contributed by atoms with Gasteiger partial charge in [-0.15, -0.1) is 0 Å². The van der Waals surface area contributed by atoms with Crippen molar-refractivity contribution in [2.75, 3.05) is 32.1 Å². The number of pyridine rings is 1. The van der Waals surface area contributed by atoms with E-state index in [0.717, 1.165) is 12.1 Å². The average molecular weight is 441 g/mol. The quantitative estimate of drug-likeness (QED) is 0.597. The maximum Gasteiger partial charge on any atom is 0.319 e. The predicted molar refractivity (Wildman–Crippen MR) is 105 cm³/mol. The van der Waals surface area contributed by atoms with Crippen LogP contribution in [0.2, 0.25) is 5.15 Å². The van der Waals surface area contributed by atoms with Crippen molar-refractivity contribution < 1.29 is 28.2 Å². The Kier molecular flexibility index (Phi) is 6.68. The minimum absolute atomic E-state index is 0.0113. The summed E-state index contributed by atoms with van der Waals surface area (Å²) >= 11 is 5.70. The normalized spacial score (nSPS) is 18.4. The lowest BCUT2D eigenvalue weighted by Gasteiger charge is -2.20. The first-order chi connectivity index (χ1) is 14.3. The second-order valence-corrected chi connectivity index (χ2v) is 6.95. The molecule has 1 aliphatic rings. The summed E-state index contributed by atoms with van der Waals surface area (Å²) in [4.78, 5) is 30.2. The Bertz CT molecular complexity index is 922. The number of anilines is 1. The first-order valence-corrected chi connectivity index (χ1v) is 9.33. The third-order valence-electron chi connectivity index (χ3n) is 4.70. The number of methoxy groups -OCH3 is 1. The van der Waals surface area contributed by atoms with Gasteiger partial charge < -0.3 is 25.4 Å². The second kappa shape index (κ2) is 9.23. The van der Waals surface area contributed by atoms with E-state index in [9.17, 15) is 23.5 Å². The number of β-amino-alcohol motifs (C(OH)–C–C–N with tert-alkyl or cyclic N) is 1. The van der Waals surface area contributed by atoms with Gasteiger partial charge >= 0.3 is 6.03 Å². The van der Waals surface area contributed by atoms with Gasteiger partial charge in [0.25, 0.3) is 0 Å². The number of aromatic nitrogens is 1. The molecule has 2 heterocycles. The SMILES string of the molecule is COc1cc(F)c(C2CN(CCO)C(=O)C2NC(=O)Nc2ccc(Cl)nc2)c(F)c1. The summed E-state index contributed by atoms with van der Waals surface area (Å²) in [7, 11) is 1.27. The first kappa shape index (κ1) is 21.7. The van der Waals surface area contributed by atoms with Gasteiger partial charge in [0.2, 0.25) is 5.91 Å². The summed E-state index contributed by atoms with van der Waals surface area (Å²) in [5.41, 5.74) is -0.0315. The van der Waals surface area contributed by atoms with Gasteiger partial charge in [-0.05, 0) is 12.1 Å². The number of aliphatic hydroxyl groups is 1. The molecule has 3 N–H and O–H groups in total. The zero-order chi connectivity index (χ0) is 21.8. The molecular formula is C19H19ClF2N4O4. The van der Waals surface area contributed by atoms with E-state index in [0.29, 0.717) is 5.69 Å². The van der Waals surface area contributed by atoms with Crippen LogP contribution in [0.3, 0.4) is 0 Å². The number of carbonyl (C=O) groups excluding carboxylic acids is 2. The number of benzene rings is 1. The summed E-state index contributed by atoms with van der Waals surface area (Å²) in [5, 5.41) is 14.4. The van der Waals surface area contributed by atoms with Crippen molar-refractivity contribution in [2.45, 2.75) is 12.0 Å². The Morgan fingerprint density at radius 1 is 1.37 bits per heavy atom. The highest BCUT2D eigenvalue weighted by Crippen LogP contribution is 2.34. The molecule has 160 valence electrons. The fourth-order valence-corrected chi connectivity index (χ4v) is 3.45. The molecule has 30 heavy (non-hydrogen) atoms. The van der Waals surface area contributed by atoms with Crippen LogP contribution in [0.25, 0.3) is 0 Å². The molecule has 3 amide bonds. The van der Waals surface area contributed by atoms with Crippen molar-refractivity contribution in [1.82, 2.24) is 15.2 Å². The lowest BCUT2D eigenvalue weighted by Crippen LogP contribution is -2.45. The largest absolute Gasteiger partial charge is 0.497 e. The van der Waals surface area contributed by atoms with Gasteiger partial charge in [-0.25, -0.2) is 18.6 Å². The number of hydrogen-bond acceptors (Lipinski definition) is 5. The van der Waals surface area contributed by atoms with Gasteiger partial charge in [0.1, 0.15) is 28.6 Å². The van der Waals surface area contributed by atoms with Crippen molar-refractivity contribution >= 4 is 29.2 Å². The topological polar surface area (TPSA) is 104 Å². The summed E-state index contributed by atoms with van der Waals surface area (Å²) in [6, 6.07) is 2.98. The van der Waals surface area contributed by atoms with E-state index in [1.807, 2.05) is 0 Å². The molecule has 0 spiro atoms. The van der Waals surface area contributed by atoms with Crippen LogP contribution in [0.5, 0.6) is 5.75 Å². The number of halogens is 3. The zero-order valence-electron chi connectivity index (χ0n) is 15.9. The highest BCUT2D eigenvalue weighted by Gasteiger charge is 2.44. The molecule has 1 saturated heterocycles. The third kappa shape index (κ3) is 4.60. The number of urea groups is 1. The molecule has 2 atom stereocenters. The van der Waals surface area contributed by atoms with Crippen LogP contribution in [0.15, 0.2) is 30.5 Å². The molecular weight excluding hydrogens is 422 g/mol. The van der Waals surface area contributed by atoms with Crippen molar-refractivity contribution in [3.05, 3.63) is 52.8 Å². The fourth-order valence-electron chi connectivity index (χ4n) is 3.34. The fraction of sp³-hybridized carbons (Fsp3) is 0.316. The van der Waals surface area contributed by atoms with Crippen molar-refractivity contribution in [1.29, 1.82) is 0 Å². The molecule has 2 aromatic rings. The maximum absolute atomic E-state index is 14.6. The minimum Gasteiger partial charge on any atom is -0.497 e. The molecule has 1 aromatic heterocycles. The molecule has 0 bridgehead atoms. The van der Waals surface area contributed by atoms with Gasteiger partial charge in [0.05, 0.1) is 25.6 Å². The van der Waals surface area contributed by atoms with Crippen LogP contribution in [0, 0.1) is 11.6 Å². The van der Waals surface area contributed by atoms with Crippen LogP contribution < -0.4 is 15.4 Å². The Hall–Kier alpha value is -2.98. The monoisotopic (exact) mass is 440 g/mol. The zero-order valence-corrected chi connectivity index (χ0v) is 16.6.